The van der Waals surface area contributed by atoms with Crippen LogP contribution in [0.3, 0.4) is 0 Å². The van der Waals surface area contributed by atoms with Gasteiger partial charge in [-0.05, 0) is 36.1 Å². The summed E-state index contributed by atoms with van der Waals surface area (Å²) in [6, 6.07) is 8.83. The first-order valence-corrected chi connectivity index (χ1v) is 11.1. The third-order valence-corrected chi connectivity index (χ3v) is 7.22. The molecule has 1 aliphatic carbocycles. The van der Waals surface area contributed by atoms with E-state index in [4.69, 9.17) is 4.52 Å². The maximum absolute atomic E-state index is 12.7. The molecule has 1 aliphatic heterocycles. The molecule has 2 fully saturated rings. The van der Waals surface area contributed by atoms with Gasteiger partial charge in [0.05, 0.1) is 6.33 Å². The van der Waals surface area contributed by atoms with Gasteiger partial charge in [-0.2, -0.15) is 4.98 Å². The first kappa shape index (κ1) is 18.6. The van der Waals surface area contributed by atoms with Crippen LogP contribution >= 0.6 is 0 Å². The Morgan fingerprint density at radius 3 is 2.73 bits per heavy atom. The minimum atomic E-state index is -0.172. The Morgan fingerprint density at radius 2 is 1.88 bits per heavy atom. The number of anilines is 1. The van der Waals surface area contributed by atoms with E-state index < -0.39 is 0 Å². The molecule has 1 saturated carbocycles. The molecular formula is C23H22N8O2. The number of imidazole rings is 1. The van der Waals surface area contributed by atoms with Crippen LogP contribution in [0.4, 0.5) is 5.69 Å². The average molecular weight is 442 g/mol. The van der Waals surface area contributed by atoms with Crippen molar-refractivity contribution in [1.82, 2.24) is 33.8 Å². The maximum atomic E-state index is 12.7. The molecule has 0 N–H and O–H groups in total. The monoisotopic (exact) mass is 442 g/mol. The summed E-state index contributed by atoms with van der Waals surface area (Å²) in [5.74, 6) is 2.58. The van der Waals surface area contributed by atoms with E-state index in [0.29, 0.717) is 34.8 Å². The quantitative estimate of drug-likeness (QED) is 0.419. The summed E-state index contributed by atoms with van der Waals surface area (Å²) < 4.78 is 10.8. The highest BCUT2D eigenvalue weighted by Crippen LogP contribution is 2.58. The smallest absolute Gasteiger partial charge is 0.280 e. The molecule has 0 amide bonds. The Morgan fingerprint density at radius 1 is 1.06 bits per heavy atom. The van der Waals surface area contributed by atoms with Crippen LogP contribution in [-0.4, -0.2) is 46.9 Å². The van der Waals surface area contributed by atoms with Crippen LogP contribution in [-0.2, 0) is 20.6 Å². The number of hydrogen-bond acceptors (Lipinski definition) is 7. The van der Waals surface area contributed by atoms with Gasteiger partial charge in [-0.15, -0.1) is 0 Å². The number of piperidine rings is 1. The van der Waals surface area contributed by atoms with Crippen molar-refractivity contribution in [1.29, 1.82) is 0 Å². The fourth-order valence-electron chi connectivity index (χ4n) is 5.38. The van der Waals surface area contributed by atoms with E-state index in [1.807, 2.05) is 0 Å². The zero-order valence-electron chi connectivity index (χ0n) is 18.3. The molecule has 0 spiro atoms. The molecule has 1 aromatic carbocycles. The number of aromatic nitrogens is 7. The van der Waals surface area contributed by atoms with E-state index in [1.54, 1.807) is 17.9 Å². The summed E-state index contributed by atoms with van der Waals surface area (Å²) in [5, 5.41) is 5.50. The highest BCUT2D eigenvalue weighted by Gasteiger charge is 2.58. The van der Waals surface area contributed by atoms with Gasteiger partial charge in [0.1, 0.15) is 12.9 Å². The highest BCUT2D eigenvalue weighted by atomic mass is 16.5. The van der Waals surface area contributed by atoms with Gasteiger partial charge in [0.2, 0.25) is 5.89 Å². The third-order valence-electron chi connectivity index (χ3n) is 7.22. The average Bonchev–Trinajstić information content (AvgIpc) is 3.35. The Hall–Kier alpha value is -3.95. The summed E-state index contributed by atoms with van der Waals surface area (Å²) in [6.07, 6.45) is 5.16. The van der Waals surface area contributed by atoms with Gasteiger partial charge in [0.25, 0.3) is 5.56 Å². The fourth-order valence-corrected chi connectivity index (χ4v) is 5.38. The first-order chi connectivity index (χ1) is 16.1. The number of nitrogens with zero attached hydrogens (tertiary/aromatic N) is 8. The Balaban J connectivity index is 1.06. The van der Waals surface area contributed by atoms with Gasteiger partial charge in [0, 0.05) is 55.9 Å². The normalized spacial score (nSPS) is 21.9. The molecule has 166 valence electrons. The van der Waals surface area contributed by atoms with E-state index in [9.17, 15) is 4.79 Å². The molecule has 2 aliphatic rings. The van der Waals surface area contributed by atoms with Crippen LogP contribution in [0, 0.1) is 11.8 Å². The largest absolute Gasteiger partial charge is 0.371 e. The van der Waals surface area contributed by atoms with Crippen LogP contribution in [0.5, 0.6) is 0 Å². The first-order valence-electron chi connectivity index (χ1n) is 11.1. The van der Waals surface area contributed by atoms with E-state index in [0.717, 1.165) is 18.9 Å². The summed E-state index contributed by atoms with van der Waals surface area (Å²) in [4.78, 5) is 28.2. The lowest BCUT2D eigenvalue weighted by molar-refractivity contribution is 0.363. The van der Waals surface area contributed by atoms with Crippen LogP contribution in [0.15, 0.2) is 52.4 Å². The molecule has 1 saturated heterocycles. The summed E-state index contributed by atoms with van der Waals surface area (Å²) in [7, 11) is 3.85. The molecule has 7 rings (SSSR count). The Labute approximate surface area is 188 Å². The lowest BCUT2D eigenvalue weighted by Gasteiger charge is -2.21. The number of rotatable bonds is 4. The van der Waals surface area contributed by atoms with E-state index in [1.165, 1.54) is 27.5 Å². The van der Waals surface area contributed by atoms with Gasteiger partial charge in [-0.25, -0.2) is 9.97 Å². The second kappa shape index (κ2) is 6.53. The minimum Gasteiger partial charge on any atom is -0.371 e. The van der Waals surface area contributed by atoms with Gasteiger partial charge in [0.15, 0.2) is 17.0 Å². The van der Waals surface area contributed by atoms with E-state index in [-0.39, 0.29) is 12.1 Å². The minimum absolute atomic E-state index is 0.172. The van der Waals surface area contributed by atoms with Crippen molar-refractivity contribution in [2.75, 3.05) is 18.0 Å². The van der Waals surface area contributed by atoms with Crippen molar-refractivity contribution in [3.05, 3.63) is 65.2 Å². The van der Waals surface area contributed by atoms with E-state index >= 15 is 0 Å². The summed E-state index contributed by atoms with van der Waals surface area (Å²) in [5.41, 5.74) is 3.24. The van der Waals surface area contributed by atoms with Gasteiger partial charge in [-0.3, -0.25) is 9.36 Å². The Bertz CT molecular complexity index is 1580. The standard InChI is InChI=1S/C23H22N8O2/c1-28-6-5-13-7-14(3-4-17(13)28)30-8-15-16(9-30)19(15)21-26-18(33-27-21)10-31-12-25-22-20(23(31)32)29(2)11-24-22/h3-7,11-12,15-16,19H,8-10H2,1-2H3. The van der Waals surface area contributed by atoms with Gasteiger partial charge >= 0.3 is 0 Å². The van der Waals surface area contributed by atoms with Crippen LogP contribution in [0.2, 0.25) is 0 Å². The molecular weight excluding hydrogens is 420 g/mol. The molecule has 10 nitrogen and oxygen atoms in total. The summed E-state index contributed by atoms with van der Waals surface area (Å²) >= 11 is 0. The molecule has 0 radical (unpaired) electrons. The van der Waals surface area contributed by atoms with Crippen molar-refractivity contribution < 1.29 is 4.52 Å². The zero-order valence-corrected chi connectivity index (χ0v) is 18.3. The highest BCUT2D eigenvalue weighted by molar-refractivity contribution is 5.84. The van der Waals surface area contributed by atoms with Crippen molar-refractivity contribution in [2.45, 2.75) is 12.5 Å². The molecule has 5 heterocycles. The van der Waals surface area contributed by atoms with Crippen LogP contribution in [0.1, 0.15) is 17.6 Å². The molecule has 0 bridgehead atoms. The second-order valence-corrected chi connectivity index (χ2v) is 9.18. The molecule has 10 heteroatoms. The SMILES string of the molecule is Cn1ccc2cc(N3CC4C(C3)C4c3noc(Cn4cnc5ncn(C)c5c4=O)n3)ccc21. The topological polar surface area (TPSA) is 99.8 Å². The molecule has 2 atom stereocenters. The van der Waals surface area contributed by atoms with Gasteiger partial charge in [-0.1, -0.05) is 5.16 Å². The molecule has 2 unspecified atom stereocenters. The number of hydrogen-bond donors (Lipinski definition) is 0. The van der Waals surface area contributed by atoms with Crippen LogP contribution < -0.4 is 10.5 Å². The summed E-state index contributed by atoms with van der Waals surface area (Å²) in [6.45, 7) is 2.20. The Kier molecular flexibility index (Phi) is 3.68. The molecule has 5 aromatic rings. The van der Waals surface area contributed by atoms with Crippen molar-refractivity contribution in [2.24, 2.45) is 25.9 Å². The maximum Gasteiger partial charge on any atom is 0.280 e. The van der Waals surface area contributed by atoms with Crippen molar-refractivity contribution >= 4 is 27.8 Å². The fraction of sp³-hybridized carbons (Fsp3) is 0.348. The number of fused-ring (bicyclic) bond motifs is 3. The lowest BCUT2D eigenvalue weighted by atomic mass is 10.2. The predicted octanol–water partition coefficient (Wildman–Crippen LogP) is 1.90. The third kappa shape index (κ3) is 2.76. The number of benzene rings is 1. The van der Waals surface area contributed by atoms with E-state index in [2.05, 4.69) is 67.1 Å². The second-order valence-electron chi connectivity index (χ2n) is 9.18. The van der Waals surface area contributed by atoms with Crippen LogP contribution in [0.25, 0.3) is 22.1 Å². The van der Waals surface area contributed by atoms with Crippen molar-refractivity contribution in [3.63, 3.8) is 0 Å². The van der Waals surface area contributed by atoms with Gasteiger partial charge < -0.3 is 18.6 Å². The zero-order chi connectivity index (χ0) is 22.3. The number of aryl methyl sites for hydroxylation is 2. The molecule has 33 heavy (non-hydrogen) atoms. The molecule has 4 aromatic heterocycles. The predicted molar refractivity (Wildman–Crippen MR) is 121 cm³/mol. The lowest BCUT2D eigenvalue weighted by Crippen LogP contribution is -2.23. The van der Waals surface area contributed by atoms with Crippen molar-refractivity contribution in [3.8, 4) is 0 Å².